The van der Waals surface area contributed by atoms with Crippen LogP contribution >= 0.6 is 0 Å². The summed E-state index contributed by atoms with van der Waals surface area (Å²) in [6.45, 7) is 6.01. The number of aryl methyl sites for hydroxylation is 1. The van der Waals surface area contributed by atoms with Gasteiger partial charge in [0.15, 0.2) is 5.84 Å². The van der Waals surface area contributed by atoms with Gasteiger partial charge in [0.25, 0.3) is 5.91 Å². The molecular weight excluding hydrogens is 504 g/mol. The maximum Gasteiger partial charge on any atom is 0.416 e. The molecule has 4 rings (SSSR count). The average Bonchev–Trinajstić information content (AvgIpc) is 3.31. The number of amides is 1. The largest absolute Gasteiger partial charge is 0.416 e. The van der Waals surface area contributed by atoms with E-state index in [4.69, 9.17) is 5.73 Å². The van der Waals surface area contributed by atoms with Crippen LogP contribution in [0.2, 0.25) is 0 Å². The number of carbonyl (C=O) groups is 1. The number of carbonyl (C=O) groups excluding carboxylic acids is 1. The highest BCUT2D eigenvalue weighted by atomic mass is 19.4. The number of nitrogens with two attached hydrogens (primary N) is 1. The normalized spacial score (nSPS) is 15.9. The number of rotatable bonds is 7. The number of aliphatic imine (C=N–C) groups is 1. The van der Waals surface area contributed by atoms with E-state index >= 15 is 0 Å². The third-order valence-electron chi connectivity index (χ3n) is 5.73. The van der Waals surface area contributed by atoms with E-state index in [-0.39, 0.29) is 29.5 Å². The first-order chi connectivity index (χ1) is 18.0. The first-order valence-corrected chi connectivity index (χ1v) is 11.5. The van der Waals surface area contributed by atoms with Crippen LogP contribution in [-0.4, -0.2) is 46.0 Å². The summed E-state index contributed by atoms with van der Waals surface area (Å²) < 4.78 is 52.7. The SMILES string of the molecule is C=CNc1cnc(N2CC[C@H](F)C2)nc1C(N)=Nc1cc(C(=O)Nc2cc(C(F)(F)F)ccn2)ccc1C. The van der Waals surface area contributed by atoms with Crippen LogP contribution in [0.1, 0.15) is 33.6 Å². The molecule has 0 radical (unpaired) electrons. The van der Waals surface area contributed by atoms with Gasteiger partial charge in [-0.1, -0.05) is 12.6 Å². The van der Waals surface area contributed by atoms with Gasteiger partial charge in [0.1, 0.15) is 17.7 Å². The zero-order valence-electron chi connectivity index (χ0n) is 20.3. The highest BCUT2D eigenvalue weighted by Crippen LogP contribution is 2.30. The van der Waals surface area contributed by atoms with E-state index < -0.39 is 23.8 Å². The molecule has 0 bridgehead atoms. The predicted molar refractivity (Wildman–Crippen MR) is 136 cm³/mol. The number of alkyl halides is 4. The van der Waals surface area contributed by atoms with E-state index in [9.17, 15) is 22.4 Å². The van der Waals surface area contributed by atoms with Gasteiger partial charge in [-0.15, -0.1) is 0 Å². The first kappa shape index (κ1) is 26.5. The van der Waals surface area contributed by atoms with Gasteiger partial charge in [-0.2, -0.15) is 13.2 Å². The Morgan fingerprint density at radius 2 is 2.05 bits per heavy atom. The van der Waals surface area contributed by atoms with Crippen LogP contribution in [0.3, 0.4) is 0 Å². The van der Waals surface area contributed by atoms with Gasteiger partial charge in [-0.3, -0.25) is 4.79 Å². The molecule has 1 aliphatic heterocycles. The van der Waals surface area contributed by atoms with Gasteiger partial charge in [0.2, 0.25) is 5.95 Å². The van der Waals surface area contributed by atoms with E-state index in [1.807, 2.05) is 0 Å². The van der Waals surface area contributed by atoms with Crippen LogP contribution in [0.4, 0.5) is 40.7 Å². The number of hydrogen-bond donors (Lipinski definition) is 3. The molecule has 0 unspecified atom stereocenters. The Hall–Kier alpha value is -4.55. The Morgan fingerprint density at radius 3 is 2.74 bits per heavy atom. The Bertz CT molecular complexity index is 1390. The highest BCUT2D eigenvalue weighted by Gasteiger charge is 2.31. The molecule has 13 heteroatoms. The van der Waals surface area contributed by atoms with Gasteiger partial charge in [-0.25, -0.2) is 24.3 Å². The second kappa shape index (κ2) is 10.8. The van der Waals surface area contributed by atoms with Crippen LogP contribution < -0.4 is 21.3 Å². The molecule has 0 spiro atoms. The Kier molecular flexibility index (Phi) is 7.55. The van der Waals surface area contributed by atoms with Crippen molar-refractivity contribution in [2.45, 2.75) is 25.7 Å². The van der Waals surface area contributed by atoms with Crippen molar-refractivity contribution in [2.75, 3.05) is 28.6 Å². The number of pyridine rings is 1. The molecule has 0 aliphatic carbocycles. The number of anilines is 3. The molecular formula is C25H24F4N8O. The minimum atomic E-state index is -4.58. The van der Waals surface area contributed by atoms with Crippen molar-refractivity contribution in [3.8, 4) is 0 Å². The highest BCUT2D eigenvalue weighted by molar-refractivity contribution is 6.05. The van der Waals surface area contributed by atoms with Gasteiger partial charge in [0, 0.05) is 18.3 Å². The van der Waals surface area contributed by atoms with Crippen LogP contribution in [0, 0.1) is 6.92 Å². The molecule has 1 aliphatic rings. The molecule has 1 saturated heterocycles. The number of hydrogen-bond acceptors (Lipinski definition) is 7. The third-order valence-corrected chi connectivity index (χ3v) is 5.73. The molecule has 0 saturated carbocycles. The summed E-state index contributed by atoms with van der Waals surface area (Å²) in [5.74, 6) is -0.637. The van der Waals surface area contributed by atoms with Crippen molar-refractivity contribution >= 4 is 34.9 Å². The topological polar surface area (TPSA) is 121 Å². The van der Waals surface area contributed by atoms with Crippen molar-refractivity contribution in [3.05, 3.63) is 77.9 Å². The number of halogens is 4. The van der Waals surface area contributed by atoms with E-state index in [0.29, 0.717) is 35.9 Å². The van der Waals surface area contributed by atoms with Crippen LogP contribution in [0.25, 0.3) is 0 Å². The van der Waals surface area contributed by atoms with E-state index in [2.05, 4.69) is 37.2 Å². The van der Waals surface area contributed by atoms with E-state index in [1.165, 1.54) is 24.5 Å². The molecule has 9 nitrogen and oxygen atoms in total. The lowest BCUT2D eigenvalue weighted by molar-refractivity contribution is -0.137. The van der Waals surface area contributed by atoms with Crippen molar-refractivity contribution in [1.82, 2.24) is 15.0 Å². The van der Waals surface area contributed by atoms with Gasteiger partial charge in [0.05, 0.1) is 29.7 Å². The molecule has 2 aromatic heterocycles. The predicted octanol–water partition coefficient (Wildman–Crippen LogP) is 4.59. The van der Waals surface area contributed by atoms with Crippen molar-refractivity contribution in [2.24, 2.45) is 10.7 Å². The van der Waals surface area contributed by atoms with Crippen LogP contribution in [0.5, 0.6) is 0 Å². The fourth-order valence-electron chi connectivity index (χ4n) is 3.75. The van der Waals surface area contributed by atoms with Crippen molar-refractivity contribution < 1.29 is 22.4 Å². The lowest BCUT2D eigenvalue weighted by atomic mass is 10.1. The summed E-state index contributed by atoms with van der Waals surface area (Å²) in [4.78, 5) is 31.4. The molecule has 3 aromatic rings. The number of aromatic nitrogens is 3. The summed E-state index contributed by atoms with van der Waals surface area (Å²) >= 11 is 0. The molecule has 1 aromatic carbocycles. The summed E-state index contributed by atoms with van der Waals surface area (Å²) in [5, 5.41) is 5.25. The van der Waals surface area contributed by atoms with Gasteiger partial charge in [-0.05, 0) is 49.4 Å². The first-order valence-electron chi connectivity index (χ1n) is 11.5. The number of nitrogens with zero attached hydrogens (tertiary/aromatic N) is 5. The molecule has 198 valence electrons. The van der Waals surface area contributed by atoms with E-state index in [0.717, 1.165) is 18.3 Å². The monoisotopic (exact) mass is 528 g/mol. The molecule has 1 amide bonds. The zero-order chi connectivity index (χ0) is 27.4. The second-order valence-electron chi connectivity index (χ2n) is 8.49. The smallest absolute Gasteiger partial charge is 0.382 e. The maximum atomic E-state index is 13.7. The van der Waals surface area contributed by atoms with Crippen LogP contribution in [0.15, 0.2) is 60.5 Å². The quantitative estimate of drug-likeness (QED) is 0.233. The van der Waals surface area contributed by atoms with Gasteiger partial charge < -0.3 is 21.3 Å². The van der Waals surface area contributed by atoms with E-state index in [1.54, 1.807) is 17.9 Å². The number of nitrogens with one attached hydrogen (secondary N) is 2. The maximum absolute atomic E-state index is 13.7. The second-order valence-corrected chi connectivity index (χ2v) is 8.49. The summed E-state index contributed by atoms with van der Waals surface area (Å²) in [7, 11) is 0. The summed E-state index contributed by atoms with van der Waals surface area (Å²) in [6.07, 6.45) is -1.30. The van der Waals surface area contributed by atoms with Gasteiger partial charge >= 0.3 is 6.18 Å². The Balaban J connectivity index is 1.62. The summed E-state index contributed by atoms with van der Waals surface area (Å²) in [5.41, 5.74) is 7.17. The lowest BCUT2D eigenvalue weighted by Gasteiger charge is -2.17. The summed E-state index contributed by atoms with van der Waals surface area (Å²) in [6, 6.07) is 6.13. The standard InChI is InChI=1S/C25H24F4N8O/c1-3-31-19-12-33-24(37-9-7-17(26)13-37)36-21(19)22(30)34-18-10-15(5-4-14(18)2)23(38)35-20-11-16(6-8-32-20)25(27,28)29/h3-6,8,10-12,17,31H,1,7,9,13H2,2H3,(H2,30,34)(H,32,35,38)/t17-/m0/s1. The fourth-order valence-corrected chi connectivity index (χ4v) is 3.75. The van der Waals surface area contributed by atoms with Crippen LogP contribution in [-0.2, 0) is 6.18 Å². The minimum Gasteiger partial charge on any atom is -0.382 e. The number of benzene rings is 1. The lowest BCUT2D eigenvalue weighted by Crippen LogP contribution is -2.25. The number of amidine groups is 1. The molecule has 3 heterocycles. The zero-order valence-corrected chi connectivity index (χ0v) is 20.3. The minimum absolute atomic E-state index is 0.00537. The Labute approximate surface area is 215 Å². The molecule has 1 atom stereocenters. The third kappa shape index (κ3) is 6.05. The molecule has 4 N–H and O–H groups in total. The Morgan fingerprint density at radius 1 is 1.26 bits per heavy atom. The molecule has 1 fully saturated rings. The van der Waals surface area contributed by atoms with Crippen molar-refractivity contribution in [3.63, 3.8) is 0 Å². The fraction of sp³-hybridized carbons (Fsp3) is 0.240. The van der Waals surface area contributed by atoms with Crippen molar-refractivity contribution in [1.29, 1.82) is 0 Å². The molecule has 38 heavy (non-hydrogen) atoms. The average molecular weight is 529 g/mol.